The number of nitrogens with two attached hydrogens (primary N) is 2. The first-order valence-corrected chi connectivity index (χ1v) is 4.45. The molecule has 0 heterocycles. The summed E-state index contributed by atoms with van der Waals surface area (Å²) < 4.78 is 15.5. The van der Waals surface area contributed by atoms with Crippen LogP contribution in [0.3, 0.4) is 0 Å². The fraction of sp³-hybridized carbons (Fsp3) is 0.400. The first-order valence-electron chi connectivity index (χ1n) is 4.45. The van der Waals surface area contributed by atoms with E-state index in [9.17, 15) is 0 Å². The summed E-state index contributed by atoms with van der Waals surface area (Å²) in [5, 5.41) is 0. The Balaban J connectivity index is 3.34. The van der Waals surface area contributed by atoms with Gasteiger partial charge in [0.15, 0.2) is 11.5 Å². The molecule has 0 saturated carbocycles. The van der Waals surface area contributed by atoms with E-state index >= 15 is 0 Å². The summed E-state index contributed by atoms with van der Waals surface area (Å²) in [5.74, 6) is 1.59. The molecule has 1 aromatic rings. The zero-order valence-corrected chi connectivity index (χ0v) is 9.11. The highest BCUT2D eigenvalue weighted by atomic mass is 16.5. The fourth-order valence-corrected chi connectivity index (χ4v) is 1.39. The Bertz CT molecular complexity index is 340. The van der Waals surface area contributed by atoms with Crippen LogP contribution in [0.15, 0.2) is 12.1 Å². The van der Waals surface area contributed by atoms with Crippen molar-refractivity contribution >= 4 is 0 Å². The zero-order chi connectivity index (χ0) is 11.4. The van der Waals surface area contributed by atoms with Gasteiger partial charge in [0.1, 0.15) is 0 Å². The molecule has 0 radical (unpaired) electrons. The minimum absolute atomic E-state index is 0.499. The summed E-state index contributed by atoms with van der Waals surface area (Å²) in [6, 6.07) is 3.49. The van der Waals surface area contributed by atoms with Gasteiger partial charge in [-0.05, 0) is 12.1 Å². The Kier molecular flexibility index (Phi) is 3.76. The SMILES string of the molecule is COc1ccc(C(N)N)c(OC)c1OC. The summed E-state index contributed by atoms with van der Waals surface area (Å²) >= 11 is 0. The van der Waals surface area contributed by atoms with Crippen molar-refractivity contribution in [3.05, 3.63) is 17.7 Å². The molecule has 1 rings (SSSR count). The number of hydrogen-bond acceptors (Lipinski definition) is 5. The Hall–Kier alpha value is -1.46. The number of ether oxygens (including phenoxy) is 3. The van der Waals surface area contributed by atoms with Crippen molar-refractivity contribution in [1.29, 1.82) is 0 Å². The zero-order valence-electron chi connectivity index (χ0n) is 9.11. The molecule has 0 aliphatic carbocycles. The van der Waals surface area contributed by atoms with Gasteiger partial charge in [-0.2, -0.15) is 0 Å². The molecule has 0 saturated heterocycles. The molecule has 0 fully saturated rings. The van der Waals surface area contributed by atoms with Gasteiger partial charge in [0.25, 0.3) is 0 Å². The lowest BCUT2D eigenvalue weighted by Crippen LogP contribution is -2.21. The maximum atomic E-state index is 5.61. The molecule has 0 unspecified atom stereocenters. The van der Waals surface area contributed by atoms with Gasteiger partial charge in [-0.15, -0.1) is 0 Å². The lowest BCUT2D eigenvalue weighted by atomic mass is 10.1. The van der Waals surface area contributed by atoms with Crippen molar-refractivity contribution in [1.82, 2.24) is 0 Å². The van der Waals surface area contributed by atoms with E-state index in [1.807, 2.05) is 0 Å². The van der Waals surface area contributed by atoms with Gasteiger partial charge in [-0.1, -0.05) is 0 Å². The van der Waals surface area contributed by atoms with Crippen LogP contribution < -0.4 is 25.7 Å². The normalized spacial score (nSPS) is 10.3. The maximum Gasteiger partial charge on any atom is 0.203 e. The summed E-state index contributed by atoms with van der Waals surface area (Å²) in [6.45, 7) is 0. The van der Waals surface area contributed by atoms with Crippen LogP contribution in [0.5, 0.6) is 17.2 Å². The van der Waals surface area contributed by atoms with Crippen LogP contribution in [0.4, 0.5) is 0 Å². The fourth-order valence-electron chi connectivity index (χ4n) is 1.39. The van der Waals surface area contributed by atoms with Crippen molar-refractivity contribution in [3.63, 3.8) is 0 Å². The smallest absolute Gasteiger partial charge is 0.203 e. The Morgan fingerprint density at radius 1 is 0.933 bits per heavy atom. The van der Waals surface area contributed by atoms with Crippen LogP contribution in [-0.4, -0.2) is 21.3 Å². The Morgan fingerprint density at radius 3 is 1.93 bits per heavy atom. The van der Waals surface area contributed by atoms with Gasteiger partial charge >= 0.3 is 0 Å². The third-order valence-corrected chi connectivity index (χ3v) is 2.09. The van der Waals surface area contributed by atoms with Crippen LogP contribution in [0, 0.1) is 0 Å². The minimum atomic E-state index is -0.611. The van der Waals surface area contributed by atoms with Gasteiger partial charge in [0.2, 0.25) is 5.75 Å². The van der Waals surface area contributed by atoms with E-state index < -0.39 is 6.17 Å². The molecule has 0 aliphatic rings. The maximum absolute atomic E-state index is 5.61. The topological polar surface area (TPSA) is 79.7 Å². The van der Waals surface area contributed by atoms with Gasteiger partial charge in [0.05, 0.1) is 27.5 Å². The van der Waals surface area contributed by atoms with Crippen molar-refractivity contribution in [2.24, 2.45) is 11.5 Å². The molecule has 1 aromatic carbocycles. The van der Waals surface area contributed by atoms with Gasteiger partial charge in [-0.3, -0.25) is 0 Å². The molecule has 15 heavy (non-hydrogen) atoms. The second-order valence-corrected chi connectivity index (χ2v) is 2.95. The lowest BCUT2D eigenvalue weighted by Gasteiger charge is -2.17. The van der Waals surface area contributed by atoms with Crippen LogP contribution in [0.2, 0.25) is 0 Å². The number of hydrogen-bond donors (Lipinski definition) is 2. The first-order chi connectivity index (χ1) is 7.15. The van der Waals surface area contributed by atoms with Crippen molar-refractivity contribution in [3.8, 4) is 17.2 Å². The summed E-state index contributed by atoms with van der Waals surface area (Å²) in [6.07, 6.45) is -0.611. The number of benzene rings is 1. The van der Waals surface area contributed by atoms with Crippen LogP contribution in [-0.2, 0) is 0 Å². The molecule has 0 bridgehead atoms. The highest BCUT2D eigenvalue weighted by Crippen LogP contribution is 2.40. The molecule has 0 amide bonds. The monoisotopic (exact) mass is 212 g/mol. The predicted molar refractivity (Wildman–Crippen MR) is 57.2 cm³/mol. The lowest BCUT2D eigenvalue weighted by molar-refractivity contribution is 0.321. The third kappa shape index (κ3) is 2.14. The molecule has 5 nitrogen and oxygen atoms in total. The van der Waals surface area contributed by atoms with Gasteiger partial charge in [-0.25, -0.2) is 0 Å². The molecule has 0 spiro atoms. The summed E-state index contributed by atoms with van der Waals surface area (Å²) in [4.78, 5) is 0. The van der Waals surface area contributed by atoms with E-state index in [2.05, 4.69) is 0 Å². The Labute approximate surface area is 88.9 Å². The second-order valence-electron chi connectivity index (χ2n) is 2.95. The van der Waals surface area contributed by atoms with Gasteiger partial charge < -0.3 is 25.7 Å². The molecule has 84 valence electrons. The van der Waals surface area contributed by atoms with E-state index in [1.165, 1.54) is 14.2 Å². The van der Waals surface area contributed by atoms with Crippen molar-refractivity contribution < 1.29 is 14.2 Å². The molecular formula is C10H16N2O3. The Morgan fingerprint density at radius 2 is 1.53 bits per heavy atom. The standard InChI is InChI=1S/C10H16N2O3/c1-13-7-5-4-6(10(11)12)8(14-2)9(7)15-3/h4-5,10H,11-12H2,1-3H3. The van der Waals surface area contributed by atoms with Gasteiger partial charge in [0, 0.05) is 5.56 Å². The molecule has 5 heteroatoms. The molecular weight excluding hydrogens is 196 g/mol. The average Bonchev–Trinajstić information content (AvgIpc) is 2.26. The molecule has 4 N–H and O–H groups in total. The quantitative estimate of drug-likeness (QED) is 0.715. The summed E-state index contributed by atoms with van der Waals surface area (Å²) in [7, 11) is 4.62. The van der Waals surface area contributed by atoms with Crippen LogP contribution in [0.25, 0.3) is 0 Å². The first kappa shape index (κ1) is 11.6. The highest BCUT2D eigenvalue weighted by molar-refractivity contribution is 5.56. The van der Waals surface area contributed by atoms with Crippen molar-refractivity contribution in [2.75, 3.05) is 21.3 Å². The largest absolute Gasteiger partial charge is 0.493 e. The van der Waals surface area contributed by atoms with Crippen molar-refractivity contribution in [2.45, 2.75) is 6.17 Å². The minimum Gasteiger partial charge on any atom is -0.493 e. The highest BCUT2D eigenvalue weighted by Gasteiger charge is 2.17. The predicted octanol–water partition coefficient (Wildman–Crippen LogP) is 0.628. The van der Waals surface area contributed by atoms with E-state index in [4.69, 9.17) is 25.7 Å². The molecule has 0 atom stereocenters. The molecule has 0 aromatic heterocycles. The van der Waals surface area contributed by atoms with E-state index in [0.29, 0.717) is 22.8 Å². The molecule has 0 aliphatic heterocycles. The average molecular weight is 212 g/mol. The number of rotatable bonds is 4. The number of methoxy groups -OCH3 is 3. The second kappa shape index (κ2) is 4.86. The van der Waals surface area contributed by atoms with Crippen LogP contribution >= 0.6 is 0 Å². The van der Waals surface area contributed by atoms with Crippen LogP contribution in [0.1, 0.15) is 11.7 Å². The summed E-state index contributed by atoms with van der Waals surface area (Å²) in [5.41, 5.74) is 11.9. The van der Waals surface area contributed by atoms with E-state index in [1.54, 1.807) is 19.2 Å². The van der Waals surface area contributed by atoms with E-state index in [0.717, 1.165) is 0 Å². The van der Waals surface area contributed by atoms with E-state index in [-0.39, 0.29) is 0 Å². The third-order valence-electron chi connectivity index (χ3n) is 2.09.